The predicted octanol–water partition coefficient (Wildman–Crippen LogP) is 3.68. The number of rotatable bonds is 6. The highest BCUT2D eigenvalue weighted by molar-refractivity contribution is 5.89. The minimum Gasteiger partial charge on any atom is -0.372 e. The van der Waals surface area contributed by atoms with Crippen LogP contribution < -0.4 is 4.90 Å². The minimum atomic E-state index is -0.251. The molecule has 0 radical (unpaired) electrons. The first-order chi connectivity index (χ1) is 14.6. The molecule has 2 saturated heterocycles. The summed E-state index contributed by atoms with van der Waals surface area (Å²) in [5, 5.41) is 0. The Morgan fingerprint density at radius 2 is 1.67 bits per heavy atom. The van der Waals surface area contributed by atoms with Crippen LogP contribution in [0, 0.1) is 5.92 Å². The van der Waals surface area contributed by atoms with Gasteiger partial charge in [0, 0.05) is 51.9 Å². The lowest BCUT2D eigenvalue weighted by Gasteiger charge is -2.29. The summed E-state index contributed by atoms with van der Waals surface area (Å²) in [7, 11) is 1.84. The second kappa shape index (κ2) is 9.33. The van der Waals surface area contributed by atoms with Crippen LogP contribution in [0.2, 0.25) is 0 Å². The normalized spacial score (nSPS) is 19.2. The molecule has 0 aromatic heterocycles. The zero-order chi connectivity index (χ0) is 20.9. The van der Waals surface area contributed by atoms with E-state index < -0.39 is 0 Å². The van der Waals surface area contributed by atoms with Gasteiger partial charge in [0.15, 0.2) is 0 Å². The van der Waals surface area contributed by atoms with Crippen LogP contribution in [-0.4, -0.2) is 48.3 Å². The molecular weight excluding hydrogens is 374 g/mol. The van der Waals surface area contributed by atoms with E-state index in [1.54, 1.807) is 9.80 Å². The van der Waals surface area contributed by atoms with E-state index in [4.69, 9.17) is 0 Å². The maximum Gasteiger partial charge on any atom is 0.228 e. The lowest BCUT2D eigenvalue weighted by molar-refractivity contribution is -0.135. The first-order valence-electron chi connectivity index (χ1n) is 11.0. The van der Waals surface area contributed by atoms with Crippen LogP contribution in [0.1, 0.15) is 36.8 Å². The number of nitrogens with zero attached hydrogens (tertiary/aromatic N) is 3. The molecule has 2 aliphatic rings. The van der Waals surface area contributed by atoms with Gasteiger partial charge >= 0.3 is 0 Å². The number of carbonyl (C=O) groups is 2. The van der Waals surface area contributed by atoms with Crippen LogP contribution in [0.25, 0.3) is 0 Å². The van der Waals surface area contributed by atoms with E-state index >= 15 is 0 Å². The van der Waals surface area contributed by atoms with Crippen LogP contribution in [0.3, 0.4) is 0 Å². The largest absolute Gasteiger partial charge is 0.372 e. The molecule has 2 heterocycles. The van der Waals surface area contributed by atoms with Crippen molar-refractivity contribution < 1.29 is 9.59 Å². The van der Waals surface area contributed by atoms with Crippen LogP contribution in [0.15, 0.2) is 54.6 Å². The summed E-state index contributed by atoms with van der Waals surface area (Å²) in [4.78, 5) is 31.4. The van der Waals surface area contributed by atoms with E-state index in [0.717, 1.165) is 24.2 Å². The summed E-state index contributed by atoms with van der Waals surface area (Å²) in [6.45, 7) is 3.91. The molecular formula is C25H31N3O2. The fraction of sp³-hybridized carbons (Fsp3) is 0.440. The van der Waals surface area contributed by atoms with Gasteiger partial charge in [-0.2, -0.15) is 0 Å². The van der Waals surface area contributed by atoms with Gasteiger partial charge < -0.3 is 14.7 Å². The summed E-state index contributed by atoms with van der Waals surface area (Å²) >= 11 is 0. The molecule has 5 nitrogen and oxygen atoms in total. The minimum absolute atomic E-state index is 0.0546. The molecule has 0 saturated carbocycles. The second-order valence-electron chi connectivity index (χ2n) is 8.57. The van der Waals surface area contributed by atoms with Crippen LogP contribution in [-0.2, 0) is 22.7 Å². The van der Waals surface area contributed by atoms with Gasteiger partial charge in [0.25, 0.3) is 0 Å². The average Bonchev–Trinajstić information content (AvgIpc) is 3.15. The van der Waals surface area contributed by atoms with Gasteiger partial charge in [-0.1, -0.05) is 42.5 Å². The van der Waals surface area contributed by atoms with Crippen molar-refractivity contribution in [2.75, 3.05) is 31.6 Å². The van der Waals surface area contributed by atoms with Gasteiger partial charge in [-0.25, -0.2) is 0 Å². The Labute approximate surface area is 179 Å². The Kier molecular flexibility index (Phi) is 6.36. The summed E-state index contributed by atoms with van der Waals surface area (Å²) in [5.74, 6) is -0.130. The van der Waals surface area contributed by atoms with Gasteiger partial charge in [-0.15, -0.1) is 0 Å². The Hall–Kier alpha value is -2.82. The van der Waals surface area contributed by atoms with Gasteiger partial charge in [0.1, 0.15) is 0 Å². The zero-order valence-corrected chi connectivity index (χ0v) is 17.8. The van der Waals surface area contributed by atoms with Crippen LogP contribution in [0.4, 0.5) is 5.69 Å². The fourth-order valence-electron chi connectivity index (χ4n) is 4.52. The first kappa shape index (κ1) is 20.5. The fourth-order valence-corrected chi connectivity index (χ4v) is 4.52. The van der Waals surface area contributed by atoms with Crippen molar-refractivity contribution in [2.24, 2.45) is 5.92 Å². The number of piperidine rings is 1. The molecule has 2 aromatic carbocycles. The maximum atomic E-state index is 12.9. The van der Waals surface area contributed by atoms with E-state index in [9.17, 15) is 9.59 Å². The predicted molar refractivity (Wildman–Crippen MR) is 119 cm³/mol. The van der Waals surface area contributed by atoms with E-state index in [0.29, 0.717) is 26.1 Å². The monoisotopic (exact) mass is 405 g/mol. The first-order valence-corrected chi connectivity index (χ1v) is 11.0. The Morgan fingerprint density at radius 3 is 2.37 bits per heavy atom. The summed E-state index contributed by atoms with van der Waals surface area (Å²) in [6.07, 6.45) is 4.17. The van der Waals surface area contributed by atoms with Crippen LogP contribution in [0.5, 0.6) is 0 Å². The van der Waals surface area contributed by atoms with Crippen molar-refractivity contribution in [1.29, 1.82) is 0 Å². The van der Waals surface area contributed by atoms with Crippen LogP contribution >= 0.6 is 0 Å². The molecule has 0 spiro atoms. The highest BCUT2D eigenvalue weighted by Gasteiger charge is 2.35. The molecule has 5 heteroatoms. The SMILES string of the molecule is CN(Cc1ccc(N2CCCCC2)cc1)C(=O)C1CC(=O)N(Cc2ccccc2)C1. The lowest BCUT2D eigenvalue weighted by Crippen LogP contribution is -2.34. The van der Waals surface area contributed by atoms with Gasteiger partial charge in [-0.05, 0) is 42.5 Å². The molecule has 0 N–H and O–H groups in total. The highest BCUT2D eigenvalue weighted by atomic mass is 16.2. The number of likely N-dealkylation sites (tertiary alicyclic amines) is 1. The summed E-state index contributed by atoms with van der Waals surface area (Å²) in [6, 6.07) is 18.5. The third kappa shape index (κ3) is 4.84. The zero-order valence-electron chi connectivity index (χ0n) is 17.8. The number of carbonyl (C=O) groups excluding carboxylic acids is 2. The summed E-state index contributed by atoms with van der Waals surface area (Å²) < 4.78 is 0. The van der Waals surface area contributed by atoms with Gasteiger partial charge in [-0.3, -0.25) is 9.59 Å². The Morgan fingerprint density at radius 1 is 0.967 bits per heavy atom. The maximum absolute atomic E-state index is 12.9. The third-order valence-electron chi connectivity index (χ3n) is 6.23. The number of anilines is 1. The third-order valence-corrected chi connectivity index (χ3v) is 6.23. The quantitative estimate of drug-likeness (QED) is 0.736. The molecule has 1 unspecified atom stereocenters. The smallest absolute Gasteiger partial charge is 0.228 e. The molecule has 158 valence electrons. The molecule has 0 aliphatic carbocycles. The molecule has 2 aromatic rings. The van der Waals surface area contributed by atoms with E-state index in [1.807, 2.05) is 37.4 Å². The summed E-state index contributed by atoms with van der Waals surface area (Å²) in [5.41, 5.74) is 3.49. The molecule has 2 fully saturated rings. The molecule has 30 heavy (non-hydrogen) atoms. The highest BCUT2D eigenvalue weighted by Crippen LogP contribution is 2.24. The van der Waals surface area contributed by atoms with E-state index in [2.05, 4.69) is 29.2 Å². The van der Waals surface area contributed by atoms with Crippen molar-refractivity contribution in [3.05, 3.63) is 65.7 Å². The van der Waals surface area contributed by atoms with Gasteiger partial charge in [0.05, 0.1) is 5.92 Å². The molecule has 0 bridgehead atoms. The number of hydrogen-bond acceptors (Lipinski definition) is 3. The molecule has 2 aliphatic heterocycles. The lowest BCUT2D eigenvalue weighted by atomic mass is 10.1. The molecule has 4 rings (SSSR count). The molecule has 2 amide bonds. The van der Waals surface area contributed by atoms with Crippen molar-refractivity contribution in [3.63, 3.8) is 0 Å². The van der Waals surface area contributed by atoms with Crippen molar-refractivity contribution in [1.82, 2.24) is 9.80 Å². The van der Waals surface area contributed by atoms with Crippen molar-refractivity contribution >= 4 is 17.5 Å². The van der Waals surface area contributed by atoms with E-state index in [1.165, 1.54) is 24.9 Å². The average molecular weight is 406 g/mol. The standard InChI is InChI=1S/C25H31N3O2/c1-26(17-21-10-12-23(13-11-21)27-14-6-3-7-15-27)25(30)22-16-24(29)28(19-22)18-20-8-4-2-5-9-20/h2,4-5,8-13,22H,3,6-7,14-19H2,1H3. The van der Waals surface area contributed by atoms with Crippen molar-refractivity contribution in [3.8, 4) is 0 Å². The van der Waals surface area contributed by atoms with Gasteiger partial charge in [0.2, 0.25) is 11.8 Å². The topological polar surface area (TPSA) is 43.9 Å². The Balaban J connectivity index is 1.31. The number of hydrogen-bond donors (Lipinski definition) is 0. The van der Waals surface area contributed by atoms with E-state index in [-0.39, 0.29) is 17.7 Å². The van der Waals surface area contributed by atoms with Crippen molar-refractivity contribution in [2.45, 2.75) is 38.8 Å². The Bertz CT molecular complexity index is 860. The molecule has 1 atom stereocenters. The number of amides is 2. The number of benzene rings is 2. The second-order valence-corrected chi connectivity index (χ2v) is 8.57.